The Morgan fingerprint density at radius 2 is 1.19 bits per heavy atom. The molecule has 0 atom stereocenters. The Balaban J connectivity index is 2.31. The van der Waals surface area contributed by atoms with Gasteiger partial charge in [-0.1, -0.05) is 0 Å². The minimum absolute atomic E-state index is 0.366. The van der Waals surface area contributed by atoms with Gasteiger partial charge in [-0.05, 0) is 0 Å². The Bertz CT molecular complexity index is 866. The van der Waals surface area contributed by atoms with Gasteiger partial charge in [0.25, 0.3) is 0 Å². The van der Waals surface area contributed by atoms with E-state index in [2.05, 4.69) is 65.8 Å². The molecule has 3 heteroatoms. The van der Waals surface area contributed by atoms with E-state index in [4.69, 9.17) is 0 Å². The zero-order valence-electron chi connectivity index (χ0n) is 16.4. The molecular formula is C23H25GeOS. The van der Waals surface area contributed by atoms with Crippen LogP contribution < -0.4 is 8.79 Å². The van der Waals surface area contributed by atoms with Crippen LogP contribution in [0.5, 0.6) is 0 Å². The summed E-state index contributed by atoms with van der Waals surface area (Å²) in [5.74, 6) is 0. The summed E-state index contributed by atoms with van der Waals surface area (Å²) in [6.07, 6.45) is 0. The fourth-order valence-electron chi connectivity index (χ4n) is 4.03. The van der Waals surface area contributed by atoms with Gasteiger partial charge in [-0.15, -0.1) is 0 Å². The van der Waals surface area contributed by atoms with Gasteiger partial charge >= 0.3 is 165 Å². The number of benzene rings is 2. The molecule has 1 heterocycles. The molecule has 3 aromatic rings. The second-order valence-electron chi connectivity index (χ2n) is 7.23. The van der Waals surface area contributed by atoms with Crippen LogP contribution in [0, 0.1) is 41.5 Å². The topological polar surface area (TPSA) is 17.1 Å². The molecule has 0 saturated carbocycles. The van der Waals surface area contributed by atoms with Gasteiger partial charge in [-0.25, -0.2) is 0 Å². The van der Waals surface area contributed by atoms with E-state index >= 15 is 0 Å². The normalized spacial score (nSPS) is 11.2. The minimum atomic E-state index is -2.43. The van der Waals surface area contributed by atoms with Crippen LogP contribution in [0.2, 0.25) is 0 Å². The molecule has 0 unspecified atom stereocenters. The third-order valence-corrected chi connectivity index (χ3v) is 13.0. The van der Waals surface area contributed by atoms with E-state index in [0.29, 0.717) is 4.62 Å². The van der Waals surface area contributed by atoms with E-state index in [1.165, 1.54) is 42.2 Å². The van der Waals surface area contributed by atoms with Crippen LogP contribution in [0.4, 0.5) is 0 Å². The Hall–Kier alpha value is -1.65. The zero-order chi connectivity index (χ0) is 19.0. The average Bonchev–Trinajstić information content (AvgIpc) is 3.05. The molecule has 133 valence electrons. The van der Waals surface area contributed by atoms with E-state index in [1.54, 1.807) is 11.3 Å². The van der Waals surface area contributed by atoms with Crippen LogP contribution in [-0.4, -0.2) is 19.0 Å². The number of carbonyl (C=O) groups is 1. The van der Waals surface area contributed by atoms with Gasteiger partial charge in [0, 0.05) is 0 Å². The molecule has 0 aliphatic carbocycles. The molecule has 0 N–H and O–H groups in total. The third-order valence-electron chi connectivity index (χ3n) is 4.83. The van der Waals surface area contributed by atoms with Gasteiger partial charge in [-0.3, -0.25) is 0 Å². The van der Waals surface area contributed by atoms with Crippen LogP contribution in [0.1, 0.15) is 43.1 Å². The Morgan fingerprint density at radius 1 is 0.769 bits per heavy atom. The number of rotatable bonds is 4. The summed E-state index contributed by atoms with van der Waals surface area (Å²) in [6, 6.07) is 12.9. The molecule has 0 amide bonds. The van der Waals surface area contributed by atoms with Crippen molar-refractivity contribution in [3.8, 4) is 0 Å². The molecule has 0 bridgehead atoms. The van der Waals surface area contributed by atoms with Crippen molar-refractivity contribution in [2.24, 2.45) is 0 Å². The monoisotopic (exact) mass is 423 g/mol. The number of carbonyl (C=O) groups excluding carboxylic acids is 1. The molecule has 0 saturated heterocycles. The van der Waals surface area contributed by atoms with Crippen molar-refractivity contribution in [2.45, 2.75) is 41.5 Å². The first kappa shape index (κ1) is 19.1. The van der Waals surface area contributed by atoms with Gasteiger partial charge in [0.05, 0.1) is 0 Å². The summed E-state index contributed by atoms with van der Waals surface area (Å²) in [4.78, 5) is 14.6. The van der Waals surface area contributed by atoms with E-state index in [9.17, 15) is 4.79 Å². The van der Waals surface area contributed by atoms with Crippen molar-refractivity contribution in [3.63, 3.8) is 0 Å². The van der Waals surface area contributed by atoms with Gasteiger partial charge in [-0.2, -0.15) is 0 Å². The molecule has 0 spiro atoms. The fourth-order valence-corrected chi connectivity index (χ4v) is 11.6. The Morgan fingerprint density at radius 3 is 1.54 bits per heavy atom. The molecule has 1 aromatic heterocycles. The number of thiophene rings is 1. The second kappa shape index (κ2) is 7.53. The van der Waals surface area contributed by atoms with Crippen molar-refractivity contribution in [3.05, 3.63) is 80.0 Å². The first-order valence-corrected chi connectivity index (χ1v) is 12.9. The predicted molar refractivity (Wildman–Crippen MR) is 115 cm³/mol. The first-order valence-electron chi connectivity index (χ1n) is 8.91. The summed E-state index contributed by atoms with van der Waals surface area (Å²) in [5.41, 5.74) is 7.59. The molecular weight excluding hydrogens is 397 g/mol. The van der Waals surface area contributed by atoms with E-state index in [-0.39, 0.29) is 0 Å². The van der Waals surface area contributed by atoms with Crippen molar-refractivity contribution < 1.29 is 4.79 Å². The van der Waals surface area contributed by atoms with Gasteiger partial charge in [0.2, 0.25) is 0 Å². The van der Waals surface area contributed by atoms with Gasteiger partial charge in [0.1, 0.15) is 0 Å². The van der Waals surface area contributed by atoms with Crippen LogP contribution in [0.25, 0.3) is 0 Å². The van der Waals surface area contributed by atoms with Crippen LogP contribution in [0.3, 0.4) is 0 Å². The van der Waals surface area contributed by atoms with E-state index in [1.807, 2.05) is 17.5 Å². The maximum absolute atomic E-state index is 13.7. The predicted octanol–water partition coefficient (Wildman–Crippen LogP) is 4.63. The number of aryl methyl sites for hydroxylation is 6. The van der Waals surface area contributed by atoms with Crippen LogP contribution >= 0.6 is 11.3 Å². The molecule has 1 radical (unpaired) electrons. The summed E-state index contributed by atoms with van der Waals surface area (Å²) in [7, 11) is 0. The number of hydrogen-bond acceptors (Lipinski definition) is 2. The average molecular weight is 422 g/mol. The van der Waals surface area contributed by atoms with Crippen LogP contribution in [0.15, 0.2) is 41.8 Å². The Kier molecular flexibility index (Phi) is 5.54. The van der Waals surface area contributed by atoms with Crippen molar-refractivity contribution in [2.75, 3.05) is 0 Å². The number of hydrogen-bond donors (Lipinski definition) is 0. The SMILES string of the molecule is Cc1cc(C)[c]([Ge]([C](=O)c2cccs2)[c]2c(C)cc(C)cc2C)c(C)c1. The van der Waals surface area contributed by atoms with Crippen molar-refractivity contribution >= 4 is 39.1 Å². The van der Waals surface area contributed by atoms with Gasteiger partial charge < -0.3 is 0 Å². The summed E-state index contributed by atoms with van der Waals surface area (Å²) in [6.45, 7) is 12.9. The molecule has 3 rings (SSSR count). The summed E-state index contributed by atoms with van der Waals surface area (Å²) < 4.78 is 3.01. The van der Waals surface area contributed by atoms with E-state index < -0.39 is 14.3 Å². The zero-order valence-corrected chi connectivity index (χ0v) is 19.3. The quantitative estimate of drug-likeness (QED) is 0.561. The standard InChI is InChI=1S/C23H25GeOS/c1-14-10-16(3)21(17(4)11-14)24(23(25)20-8-7-9-26-20)22-18(5)12-15(2)13-19(22)6/h7-13H,1-6H3. The molecule has 0 aliphatic heterocycles. The molecule has 2 aromatic carbocycles. The molecule has 0 aliphatic rings. The third kappa shape index (κ3) is 3.58. The molecule has 1 nitrogen and oxygen atoms in total. The van der Waals surface area contributed by atoms with E-state index in [0.717, 1.165) is 4.88 Å². The maximum atomic E-state index is 13.7. The Labute approximate surface area is 165 Å². The van der Waals surface area contributed by atoms with Crippen molar-refractivity contribution in [1.82, 2.24) is 0 Å². The molecule has 0 fully saturated rings. The second-order valence-corrected chi connectivity index (χ2v) is 12.8. The first-order chi connectivity index (χ1) is 12.3. The van der Waals surface area contributed by atoms with Gasteiger partial charge in [0.15, 0.2) is 0 Å². The summed E-state index contributed by atoms with van der Waals surface area (Å²) in [5, 5.41) is 2.01. The van der Waals surface area contributed by atoms with Crippen LogP contribution in [-0.2, 0) is 0 Å². The van der Waals surface area contributed by atoms with Crippen molar-refractivity contribution in [1.29, 1.82) is 0 Å². The summed E-state index contributed by atoms with van der Waals surface area (Å²) >= 11 is -0.856. The molecule has 26 heavy (non-hydrogen) atoms. The fraction of sp³-hybridized carbons (Fsp3) is 0.261.